The van der Waals surface area contributed by atoms with Gasteiger partial charge < -0.3 is 15.2 Å². The first-order valence-corrected chi connectivity index (χ1v) is 6.22. The molecule has 0 bridgehead atoms. The highest BCUT2D eigenvalue weighted by molar-refractivity contribution is 5.81. The standard InChI is InChI=1S/C13H18N4/c1-16-12-6-5-10(14)9-11(12)15-13(16)17-7-3-2-4-8-17/h5-6,9H,2-4,7-8,14H2,1H3. The van der Waals surface area contributed by atoms with E-state index < -0.39 is 0 Å². The summed E-state index contributed by atoms with van der Waals surface area (Å²) < 4.78 is 2.17. The number of nitrogens with two attached hydrogens (primary N) is 1. The first kappa shape index (κ1) is 10.4. The molecular weight excluding hydrogens is 212 g/mol. The Balaban J connectivity index is 2.07. The van der Waals surface area contributed by atoms with E-state index in [4.69, 9.17) is 10.7 Å². The number of nitrogens with zero attached hydrogens (tertiary/aromatic N) is 3. The molecule has 1 fully saturated rings. The van der Waals surface area contributed by atoms with Gasteiger partial charge in [-0.15, -0.1) is 0 Å². The molecule has 0 aliphatic carbocycles. The van der Waals surface area contributed by atoms with Gasteiger partial charge in [-0.3, -0.25) is 0 Å². The van der Waals surface area contributed by atoms with Gasteiger partial charge in [0.2, 0.25) is 5.95 Å². The second-order valence-corrected chi connectivity index (χ2v) is 4.77. The zero-order valence-corrected chi connectivity index (χ0v) is 10.2. The molecule has 4 nitrogen and oxygen atoms in total. The summed E-state index contributed by atoms with van der Waals surface area (Å²) in [6.45, 7) is 2.24. The minimum absolute atomic E-state index is 0.779. The zero-order chi connectivity index (χ0) is 11.8. The van der Waals surface area contributed by atoms with Crippen molar-refractivity contribution in [2.45, 2.75) is 19.3 Å². The monoisotopic (exact) mass is 230 g/mol. The van der Waals surface area contributed by atoms with E-state index >= 15 is 0 Å². The lowest BCUT2D eigenvalue weighted by Gasteiger charge is -2.27. The predicted octanol–water partition coefficient (Wildman–Crippen LogP) is 2.15. The van der Waals surface area contributed by atoms with Gasteiger partial charge in [0.15, 0.2) is 0 Å². The third-order valence-corrected chi connectivity index (χ3v) is 3.52. The number of nitrogen functional groups attached to an aromatic ring is 1. The van der Waals surface area contributed by atoms with Crippen LogP contribution in [-0.2, 0) is 7.05 Å². The van der Waals surface area contributed by atoms with Crippen LogP contribution >= 0.6 is 0 Å². The fraction of sp³-hybridized carbons (Fsp3) is 0.462. The molecule has 0 radical (unpaired) electrons. The number of benzene rings is 1. The first-order chi connectivity index (χ1) is 8.25. The molecule has 0 spiro atoms. The van der Waals surface area contributed by atoms with E-state index in [1.165, 1.54) is 19.3 Å². The highest BCUT2D eigenvalue weighted by Crippen LogP contribution is 2.25. The normalized spacial score (nSPS) is 16.6. The Kier molecular flexibility index (Phi) is 2.42. The molecule has 0 atom stereocenters. The van der Waals surface area contributed by atoms with E-state index in [0.717, 1.165) is 35.8 Å². The van der Waals surface area contributed by atoms with Gasteiger partial charge in [-0.1, -0.05) is 0 Å². The van der Waals surface area contributed by atoms with E-state index in [-0.39, 0.29) is 0 Å². The number of hydrogen-bond acceptors (Lipinski definition) is 3. The fourth-order valence-electron chi connectivity index (χ4n) is 2.58. The minimum Gasteiger partial charge on any atom is -0.399 e. The number of piperidine rings is 1. The largest absolute Gasteiger partial charge is 0.399 e. The topological polar surface area (TPSA) is 47.1 Å². The average molecular weight is 230 g/mol. The summed E-state index contributed by atoms with van der Waals surface area (Å²) in [6, 6.07) is 5.93. The van der Waals surface area contributed by atoms with Crippen LogP contribution < -0.4 is 10.6 Å². The van der Waals surface area contributed by atoms with Crippen LogP contribution in [0.3, 0.4) is 0 Å². The van der Waals surface area contributed by atoms with E-state index in [2.05, 4.69) is 16.5 Å². The highest BCUT2D eigenvalue weighted by atomic mass is 15.3. The van der Waals surface area contributed by atoms with Crippen molar-refractivity contribution < 1.29 is 0 Å². The van der Waals surface area contributed by atoms with Gasteiger partial charge in [0.1, 0.15) is 0 Å². The lowest BCUT2D eigenvalue weighted by atomic mass is 10.1. The summed E-state index contributed by atoms with van der Waals surface area (Å²) in [5, 5.41) is 0. The van der Waals surface area contributed by atoms with E-state index in [1.807, 2.05) is 18.2 Å². The number of hydrogen-bond donors (Lipinski definition) is 1. The summed E-state index contributed by atoms with van der Waals surface area (Å²) in [4.78, 5) is 7.08. The lowest BCUT2D eigenvalue weighted by Crippen LogP contribution is -2.31. The molecule has 1 aliphatic rings. The Labute approximate surface area is 101 Å². The van der Waals surface area contributed by atoms with Crippen molar-refractivity contribution in [3.8, 4) is 0 Å². The SMILES string of the molecule is Cn1c(N2CCCCC2)nc2cc(N)ccc21. The summed E-state index contributed by atoms with van der Waals surface area (Å²) >= 11 is 0. The molecule has 0 amide bonds. The molecule has 0 unspecified atom stereocenters. The Morgan fingerprint density at radius 1 is 1.18 bits per heavy atom. The molecular formula is C13H18N4. The fourth-order valence-corrected chi connectivity index (χ4v) is 2.58. The lowest BCUT2D eigenvalue weighted by molar-refractivity contribution is 0.563. The van der Waals surface area contributed by atoms with Gasteiger partial charge in [0.05, 0.1) is 11.0 Å². The zero-order valence-electron chi connectivity index (χ0n) is 10.2. The number of anilines is 2. The first-order valence-electron chi connectivity index (χ1n) is 6.22. The van der Waals surface area contributed by atoms with Crippen molar-refractivity contribution in [3.05, 3.63) is 18.2 Å². The molecule has 3 rings (SSSR count). The Hall–Kier alpha value is -1.71. The van der Waals surface area contributed by atoms with E-state index in [9.17, 15) is 0 Å². The van der Waals surface area contributed by atoms with Crippen molar-refractivity contribution in [2.75, 3.05) is 23.7 Å². The highest BCUT2D eigenvalue weighted by Gasteiger charge is 2.17. The van der Waals surface area contributed by atoms with Crippen LogP contribution in [0.5, 0.6) is 0 Å². The molecule has 1 aliphatic heterocycles. The Bertz CT molecular complexity index is 538. The molecule has 2 aromatic rings. The van der Waals surface area contributed by atoms with Gasteiger partial charge in [-0.05, 0) is 37.5 Å². The number of rotatable bonds is 1. The van der Waals surface area contributed by atoms with E-state index in [0.29, 0.717) is 0 Å². The maximum Gasteiger partial charge on any atom is 0.206 e. The molecule has 1 saturated heterocycles. The van der Waals surface area contributed by atoms with Gasteiger partial charge in [-0.2, -0.15) is 0 Å². The quantitative estimate of drug-likeness (QED) is 0.763. The van der Waals surface area contributed by atoms with Crippen LogP contribution in [0.1, 0.15) is 19.3 Å². The smallest absolute Gasteiger partial charge is 0.206 e. The maximum absolute atomic E-state index is 5.80. The molecule has 17 heavy (non-hydrogen) atoms. The Morgan fingerprint density at radius 2 is 1.94 bits per heavy atom. The van der Waals surface area contributed by atoms with Crippen LogP contribution in [0, 0.1) is 0 Å². The molecule has 0 saturated carbocycles. The van der Waals surface area contributed by atoms with Gasteiger partial charge in [-0.25, -0.2) is 4.98 Å². The van der Waals surface area contributed by atoms with Gasteiger partial charge in [0.25, 0.3) is 0 Å². The molecule has 2 N–H and O–H groups in total. The molecule has 2 heterocycles. The second kappa shape index (κ2) is 3.95. The van der Waals surface area contributed by atoms with Crippen LogP contribution in [0.2, 0.25) is 0 Å². The third-order valence-electron chi connectivity index (χ3n) is 3.52. The molecule has 1 aromatic heterocycles. The molecule has 1 aromatic carbocycles. The summed E-state index contributed by atoms with van der Waals surface area (Å²) in [5.74, 6) is 1.07. The number of aromatic nitrogens is 2. The number of aryl methyl sites for hydroxylation is 1. The number of imidazole rings is 1. The second-order valence-electron chi connectivity index (χ2n) is 4.77. The summed E-state index contributed by atoms with van der Waals surface area (Å²) in [7, 11) is 2.08. The van der Waals surface area contributed by atoms with Crippen LogP contribution in [0.4, 0.5) is 11.6 Å². The molecule has 4 heteroatoms. The van der Waals surface area contributed by atoms with Crippen molar-refractivity contribution in [1.82, 2.24) is 9.55 Å². The minimum atomic E-state index is 0.779. The molecule has 90 valence electrons. The van der Waals surface area contributed by atoms with Crippen LogP contribution in [-0.4, -0.2) is 22.6 Å². The van der Waals surface area contributed by atoms with Crippen molar-refractivity contribution in [2.24, 2.45) is 7.05 Å². The van der Waals surface area contributed by atoms with Crippen molar-refractivity contribution in [1.29, 1.82) is 0 Å². The average Bonchev–Trinajstić information content (AvgIpc) is 2.67. The number of fused-ring (bicyclic) bond motifs is 1. The Morgan fingerprint density at radius 3 is 2.71 bits per heavy atom. The van der Waals surface area contributed by atoms with Crippen LogP contribution in [0.15, 0.2) is 18.2 Å². The van der Waals surface area contributed by atoms with Crippen molar-refractivity contribution in [3.63, 3.8) is 0 Å². The third kappa shape index (κ3) is 1.73. The summed E-state index contributed by atoms with van der Waals surface area (Å²) in [5.41, 5.74) is 8.72. The van der Waals surface area contributed by atoms with Crippen LogP contribution in [0.25, 0.3) is 11.0 Å². The van der Waals surface area contributed by atoms with Gasteiger partial charge in [0, 0.05) is 25.8 Å². The predicted molar refractivity (Wildman–Crippen MR) is 71.2 cm³/mol. The van der Waals surface area contributed by atoms with Crippen molar-refractivity contribution >= 4 is 22.7 Å². The van der Waals surface area contributed by atoms with Gasteiger partial charge >= 0.3 is 0 Å². The summed E-state index contributed by atoms with van der Waals surface area (Å²) in [6.07, 6.45) is 3.88. The maximum atomic E-state index is 5.80. The van der Waals surface area contributed by atoms with E-state index in [1.54, 1.807) is 0 Å².